The second-order valence-electron chi connectivity index (χ2n) is 3.38. The lowest BCUT2D eigenvalue weighted by molar-refractivity contribution is -0.140. The van der Waals surface area contributed by atoms with Gasteiger partial charge in [0.15, 0.2) is 6.04 Å². The topological polar surface area (TPSA) is 98.7 Å². The van der Waals surface area contributed by atoms with E-state index >= 15 is 0 Å². The van der Waals surface area contributed by atoms with Crippen molar-refractivity contribution in [3.8, 4) is 0 Å². The molecule has 0 aromatic rings. The molecule has 0 heterocycles. The number of carbonyl (C=O) groups excluding carboxylic acids is 1. The van der Waals surface area contributed by atoms with E-state index in [4.69, 9.17) is 10.2 Å². The Morgan fingerprint density at radius 1 is 1.33 bits per heavy atom. The molecule has 0 bridgehead atoms. The number of carboxylic acid groups (broad SMARTS) is 1. The molecule has 0 saturated heterocycles. The SMILES string of the molecule is CCCC(C)NC(=O)N[C@@H](CO)C(=O)O. The number of hydrogen-bond donors (Lipinski definition) is 4. The Balaban J connectivity index is 3.96. The van der Waals surface area contributed by atoms with Crippen LogP contribution in [-0.4, -0.2) is 40.9 Å². The standard InChI is InChI=1S/C9H18N2O4/c1-3-4-6(2)10-9(15)11-7(5-12)8(13)14/h6-7,12H,3-5H2,1-2H3,(H,13,14)(H2,10,11,15)/t6?,7-/m0/s1. The van der Waals surface area contributed by atoms with Crippen LogP contribution in [0.25, 0.3) is 0 Å². The van der Waals surface area contributed by atoms with Crippen LogP contribution >= 0.6 is 0 Å². The summed E-state index contributed by atoms with van der Waals surface area (Å²) in [5.74, 6) is -1.25. The summed E-state index contributed by atoms with van der Waals surface area (Å²) in [5.41, 5.74) is 0. The first-order chi connectivity index (χ1) is 7.01. The third kappa shape index (κ3) is 5.90. The van der Waals surface area contributed by atoms with Gasteiger partial charge < -0.3 is 20.8 Å². The minimum atomic E-state index is -1.25. The summed E-state index contributed by atoms with van der Waals surface area (Å²) in [7, 11) is 0. The summed E-state index contributed by atoms with van der Waals surface area (Å²) in [4.78, 5) is 21.7. The number of aliphatic hydroxyl groups excluding tert-OH is 1. The van der Waals surface area contributed by atoms with Gasteiger partial charge in [-0.2, -0.15) is 0 Å². The Morgan fingerprint density at radius 3 is 2.33 bits per heavy atom. The smallest absolute Gasteiger partial charge is 0.328 e. The molecule has 0 aliphatic carbocycles. The van der Waals surface area contributed by atoms with E-state index in [-0.39, 0.29) is 6.04 Å². The van der Waals surface area contributed by atoms with E-state index in [1.54, 1.807) is 0 Å². The number of carbonyl (C=O) groups is 2. The van der Waals surface area contributed by atoms with Crippen molar-refractivity contribution >= 4 is 12.0 Å². The molecule has 0 spiro atoms. The number of nitrogens with one attached hydrogen (secondary N) is 2. The van der Waals surface area contributed by atoms with Crippen LogP contribution in [0.1, 0.15) is 26.7 Å². The number of hydrogen-bond acceptors (Lipinski definition) is 3. The summed E-state index contributed by atoms with van der Waals surface area (Å²) >= 11 is 0. The van der Waals surface area contributed by atoms with E-state index in [2.05, 4.69) is 10.6 Å². The summed E-state index contributed by atoms with van der Waals surface area (Å²) in [6.07, 6.45) is 1.76. The highest BCUT2D eigenvalue weighted by Gasteiger charge is 2.18. The molecule has 2 atom stereocenters. The molecule has 0 saturated carbocycles. The Kier molecular flexibility index (Phi) is 6.44. The molecule has 0 rings (SSSR count). The van der Waals surface area contributed by atoms with Crippen LogP contribution in [-0.2, 0) is 4.79 Å². The highest BCUT2D eigenvalue weighted by Crippen LogP contribution is 1.94. The lowest BCUT2D eigenvalue weighted by Crippen LogP contribution is -2.49. The number of urea groups is 1. The third-order valence-electron chi connectivity index (χ3n) is 1.89. The fourth-order valence-electron chi connectivity index (χ4n) is 1.11. The van der Waals surface area contributed by atoms with Crippen LogP contribution in [0.4, 0.5) is 4.79 Å². The molecule has 4 N–H and O–H groups in total. The van der Waals surface area contributed by atoms with Crippen molar-refractivity contribution in [1.29, 1.82) is 0 Å². The first-order valence-corrected chi connectivity index (χ1v) is 4.92. The van der Waals surface area contributed by atoms with Gasteiger partial charge in [-0.15, -0.1) is 0 Å². The molecule has 0 aliphatic heterocycles. The van der Waals surface area contributed by atoms with Crippen LogP contribution in [0.15, 0.2) is 0 Å². The Bertz CT molecular complexity index is 220. The van der Waals surface area contributed by atoms with E-state index in [0.717, 1.165) is 12.8 Å². The van der Waals surface area contributed by atoms with E-state index in [0.29, 0.717) is 0 Å². The van der Waals surface area contributed by atoms with Crippen molar-refractivity contribution in [3.63, 3.8) is 0 Å². The molecule has 6 nitrogen and oxygen atoms in total. The van der Waals surface area contributed by atoms with Crippen molar-refractivity contribution in [2.75, 3.05) is 6.61 Å². The normalized spacial score (nSPS) is 14.1. The minimum Gasteiger partial charge on any atom is -0.480 e. The quantitative estimate of drug-likeness (QED) is 0.501. The molecule has 0 aromatic heterocycles. The molecule has 6 heteroatoms. The molecular weight excluding hydrogens is 200 g/mol. The van der Waals surface area contributed by atoms with Gasteiger partial charge in [0.2, 0.25) is 0 Å². The number of rotatable bonds is 6. The predicted molar refractivity (Wildman–Crippen MR) is 54.5 cm³/mol. The number of carboxylic acids is 1. The largest absolute Gasteiger partial charge is 0.480 e. The molecule has 0 aliphatic rings. The van der Waals surface area contributed by atoms with Gasteiger partial charge in [0.25, 0.3) is 0 Å². The van der Waals surface area contributed by atoms with Crippen molar-refractivity contribution in [3.05, 3.63) is 0 Å². The summed E-state index contributed by atoms with van der Waals surface area (Å²) < 4.78 is 0. The van der Waals surface area contributed by atoms with Crippen LogP contribution in [0.3, 0.4) is 0 Å². The zero-order chi connectivity index (χ0) is 11.8. The first kappa shape index (κ1) is 13.7. The maximum absolute atomic E-state index is 11.2. The van der Waals surface area contributed by atoms with Gasteiger partial charge in [0, 0.05) is 6.04 Å². The third-order valence-corrected chi connectivity index (χ3v) is 1.89. The molecule has 0 aromatic carbocycles. The zero-order valence-corrected chi connectivity index (χ0v) is 8.99. The highest BCUT2D eigenvalue weighted by atomic mass is 16.4. The van der Waals surface area contributed by atoms with Crippen molar-refractivity contribution in [2.24, 2.45) is 0 Å². The Labute approximate surface area is 88.7 Å². The van der Waals surface area contributed by atoms with E-state index in [1.807, 2.05) is 13.8 Å². The van der Waals surface area contributed by atoms with E-state index in [1.165, 1.54) is 0 Å². The zero-order valence-electron chi connectivity index (χ0n) is 8.99. The van der Waals surface area contributed by atoms with E-state index < -0.39 is 24.6 Å². The molecule has 88 valence electrons. The second-order valence-corrected chi connectivity index (χ2v) is 3.38. The van der Waals surface area contributed by atoms with Gasteiger partial charge in [0.05, 0.1) is 6.61 Å². The van der Waals surface area contributed by atoms with Crippen molar-refractivity contribution < 1.29 is 19.8 Å². The predicted octanol–water partition coefficient (Wildman–Crippen LogP) is -0.0803. The first-order valence-electron chi connectivity index (χ1n) is 4.92. The van der Waals surface area contributed by atoms with Gasteiger partial charge in [-0.1, -0.05) is 13.3 Å². The molecule has 15 heavy (non-hydrogen) atoms. The van der Waals surface area contributed by atoms with Gasteiger partial charge in [0.1, 0.15) is 0 Å². The van der Waals surface area contributed by atoms with Crippen molar-refractivity contribution in [1.82, 2.24) is 10.6 Å². The van der Waals surface area contributed by atoms with Gasteiger partial charge in [-0.3, -0.25) is 0 Å². The molecule has 2 amide bonds. The highest BCUT2D eigenvalue weighted by molar-refractivity contribution is 5.82. The van der Waals surface area contributed by atoms with Gasteiger partial charge in [-0.05, 0) is 13.3 Å². The second kappa shape index (κ2) is 7.05. The maximum Gasteiger partial charge on any atom is 0.328 e. The van der Waals surface area contributed by atoms with Crippen LogP contribution < -0.4 is 10.6 Å². The lowest BCUT2D eigenvalue weighted by Gasteiger charge is -2.16. The van der Waals surface area contributed by atoms with Crippen LogP contribution in [0.5, 0.6) is 0 Å². The molecule has 0 fully saturated rings. The molecule has 0 radical (unpaired) electrons. The summed E-state index contributed by atoms with van der Waals surface area (Å²) in [5, 5.41) is 21.9. The lowest BCUT2D eigenvalue weighted by atomic mass is 10.2. The van der Waals surface area contributed by atoms with Crippen LogP contribution in [0.2, 0.25) is 0 Å². The van der Waals surface area contributed by atoms with E-state index in [9.17, 15) is 9.59 Å². The Hall–Kier alpha value is -1.30. The molecular formula is C9H18N2O4. The Morgan fingerprint density at radius 2 is 1.93 bits per heavy atom. The van der Waals surface area contributed by atoms with Gasteiger partial charge >= 0.3 is 12.0 Å². The monoisotopic (exact) mass is 218 g/mol. The summed E-state index contributed by atoms with van der Waals surface area (Å²) in [6.45, 7) is 3.20. The number of aliphatic carboxylic acids is 1. The number of aliphatic hydroxyl groups is 1. The molecule has 1 unspecified atom stereocenters. The number of amides is 2. The minimum absolute atomic E-state index is 0.0110. The average Bonchev–Trinajstić information content (AvgIpc) is 2.13. The summed E-state index contributed by atoms with van der Waals surface area (Å²) in [6, 6.07) is -1.83. The van der Waals surface area contributed by atoms with Crippen molar-refractivity contribution in [2.45, 2.75) is 38.8 Å². The average molecular weight is 218 g/mol. The fraction of sp³-hybridized carbons (Fsp3) is 0.778. The van der Waals surface area contributed by atoms with Crippen LogP contribution in [0, 0.1) is 0 Å². The fourth-order valence-corrected chi connectivity index (χ4v) is 1.11. The maximum atomic E-state index is 11.2. The van der Waals surface area contributed by atoms with Gasteiger partial charge in [-0.25, -0.2) is 9.59 Å².